The highest BCUT2D eigenvalue weighted by atomic mass is 14.9. The predicted octanol–water partition coefficient (Wildman–Crippen LogP) is 5.97. The molecule has 0 spiro atoms. The Bertz CT molecular complexity index is 1040. The maximum Gasteiger partial charge on any atom is 0.0457 e. The van der Waals surface area contributed by atoms with Crippen molar-refractivity contribution in [3.05, 3.63) is 84.6 Å². The van der Waals surface area contributed by atoms with Crippen LogP contribution in [-0.4, -0.2) is 18.1 Å². The molecule has 1 fully saturated rings. The molecule has 4 aromatic rings. The summed E-state index contributed by atoms with van der Waals surface area (Å²) in [6.45, 7) is 2.25. The van der Waals surface area contributed by atoms with Crippen LogP contribution in [0.1, 0.15) is 24.3 Å². The maximum absolute atomic E-state index is 3.47. The van der Waals surface area contributed by atoms with E-state index in [1.807, 2.05) is 0 Å². The average Bonchev–Trinajstić information content (AvgIpc) is 3.18. The van der Waals surface area contributed by atoms with E-state index in [2.05, 4.69) is 89.3 Å². The van der Waals surface area contributed by atoms with Crippen molar-refractivity contribution in [2.45, 2.75) is 18.8 Å². The molecule has 134 valence electrons. The molecule has 0 unspecified atom stereocenters. The van der Waals surface area contributed by atoms with Gasteiger partial charge in [-0.25, -0.2) is 0 Å². The smallest absolute Gasteiger partial charge is 0.0457 e. The van der Waals surface area contributed by atoms with Crippen LogP contribution in [0.2, 0.25) is 0 Å². The van der Waals surface area contributed by atoms with Gasteiger partial charge in [0.05, 0.1) is 0 Å². The number of H-pyrrole nitrogens is 1. The number of hydrogen-bond acceptors (Lipinski definition) is 1. The molecule has 27 heavy (non-hydrogen) atoms. The van der Waals surface area contributed by atoms with Gasteiger partial charge < -0.3 is 10.3 Å². The molecular weight excluding hydrogens is 328 g/mol. The standard InChI is InChI=1S/C25H24N2/c1-2-4-18(5-3-1)19-6-8-20(9-7-19)22-10-11-25-23(16-22)24(17-27-25)21-12-14-26-15-13-21/h1-11,16-17,21,26-27H,12-15H2. The molecule has 3 aromatic carbocycles. The van der Waals surface area contributed by atoms with E-state index in [1.54, 1.807) is 0 Å². The topological polar surface area (TPSA) is 27.8 Å². The third kappa shape index (κ3) is 3.17. The van der Waals surface area contributed by atoms with Crippen molar-refractivity contribution < 1.29 is 0 Å². The van der Waals surface area contributed by atoms with Crippen LogP contribution in [0.3, 0.4) is 0 Å². The van der Waals surface area contributed by atoms with Crippen LogP contribution in [-0.2, 0) is 0 Å². The molecule has 0 aliphatic carbocycles. The molecule has 1 aliphatic heterocycles. The van der Waals surface area contributed by atoms with E-state index in [9.17, 15) is 0 Å². The second kappa shape index (κ2) is 7.05. The summed E-state index contributed by atoms with van der Waals surface area (Å²) < 4.78 is 0. The highest BCUT2D eigenvalue weighted by molar-refractivity contribution is 5.88. The van der Waals surface area contributed by atoms with E-state index in [0.29, 0.717) is 5.92 Å². The molecule has 1 saturated heterocycles. The van der Waals surface area contributed by atoms with Gasteiger partial charge in [0.15, 0.2) is 0 Å². The fraction of sp³-hybridized carbons (Fsp3) is 0.200. The molecule has 0 amide bonds. The van der Waals surface area contributed by atoms with Gasteiger partial charge in [-0.2, -0.15) is 0 Å². The van der Waals surface area contributed by atoms with E-state index in [1.165, 1.54) is 51.6 Å². The van der Waals surface area contributed by atoms with Crippen LogP contribution in [0.5, 0.6) is 0 Å². The Morgan fingerprint density at radius 3 is 2.04 bits per heavy atom. The molecule has 2 N–H and O–H groups in total. The van der Waals surface area contributed by atoms with Gasteiger partial charge >= 0.3 is 0 Å². The minimum atomic E-state index is 0.663. The molecule has 2 heterocycles. The third-order valence-electron chi connectivity index (χ3n) is 5.82. The SMILES string of the molecule is c1ccc(-c2ccc(-c3ccc4[nH]cc(C5CCNCC5)c4c3)cc2)cc1. The lowest BCUT2D eigenvalue weighted by molar-refractivity contribution is 0.462. The largest absolute Gasteiger partial charge is 0.361 e. The van der Waals surface area contributed by atoms with Crippen molar-refractivity contribution in [3.63, 3.8) is 0 Å². The molecule has 0 saturated carbocycles. The summed E-state index contributed by atoms with van der Waals surface area (Å²) in [5.74, 6) is 0.663. The molecule has 2 heteroatoms. The third-order valence-corrected chi connectivity index (χ3v) is 5.82. The number of hydrogen-bond donors (Lipinski definition) is 2. The highest BCUT2D eigenvalue weighted by Crippen LogP contribution is 2.34. The van der Waals surface area contributed by atoms with E-state index in [4.69, 9.17) is 0 Å². The van der Waals surface area contributed by atoms with Gasteiger partial charge in [0.2, 0.25) is 0 Å². The van der Waals surface area contributed by atoms with Gasteiger partial charge in [0.25, 0.3) is 0 Å². The second-order valence-corrected chi connectivity index (χ2v) is 7.47. The van der Waals surface area contributed by atoms with Gasteiger partial charge in [0, 0.05) is 17.1 Å². The Kier molecular flexibility index (Phi) is 4.27. The summed E-state index contributed by atoms with van der Waals surface area (Å²) in [6.07, 6.45) is 4.68. The van der Waals surface area contributed by atoms with Gasteiger partial charge in [-0.05, 0) is 71.8 Å². The lowest BCUT2D eigenvalue weighted by atomic mass is 9.89. The number of benzene rings is 3. The van der Waals surface area contributed by atoms with E-state index >= 15 is 0 Å². The van der Waals surface area contributed by atoms with Gasteiger partial charge in [-0.1, -0.05) is 60.7 Å². The first-order valence-corrected chi connectivity index (χ1v) is 9.86. The number of aromatic amines is 1. The molecule has 1 aliphatic rings. The number of piperidine rings is 1. The first-order chi connectivity index (χ1) is 13.4. The Hall–Kier alpha value is -2.84. The lowest BCUT2D eigenvalue weighted by Crippen LogP contribution is -2.26. The minimum absolute atomic E-state index is 0.663. The zero-order valence-corrected chi connectivity index (χ0v) is 15.4. The Morgan fingerprint density at radius 2 is 1.30 bits per heavy atom. The first-order valence-electron chi connectivity index (χ1n) is 9.86. The van der Waals surface area contributed by atoms with Gasteiger partial charge in [-0.15, -0.1) is 0 Å². The van der Waals surface area contributed by atoms with Crippen LogP contribution < -0.4 is 5.32 Å². The number of nitrogens with one attached hydrogen (secondary N) is 2. The van der Waals surface area contributed by atoms with Crippen molar-refractivity contribution in [3.8, 4) is 22.3 Å². The monoisotopic (exact) mass is 352 g/mol. The van der Waals surface area contributed by atoms with E-state index < -0.39 is 0 Å². The zero-order chi connectivity index (χ0) is 18.1. The van der Waals surface area contributed by atoms with Gasteiger partial charge in [0.1, 0.15) is 0 Å². The quantitative estimate of drug-likeness (QED) is 0.467. The zero-order valence-electron chi connectivity index (χ0n) is 15.4. The maximum atomic E-state index is 3.47. The normalized spacial score (nSPS) is 15.3. The first kappa shape index (κ1) is 16.3. The summed E-state index contributed by atoms with van der Waals surface area (Å²) in [5, 5.41) is 4.85. The van der Waals surface area contributed by atoms with Crippen molar-refractivity contribution in [1.29, 1.82) is 0 Å². The Labute approximate surface area is 160 Å². The van der Waals surface area contributed by atoms with Crippen LogP contribution in [0.25, 0.3) is 33.2 Å². The fourth-order valence-corrected chi connectivity index (χ4v) is 4.28. The van der Waals surface area contributed by atoms with Crippen molar-refractivity contribution in [2.75, 3.05) is 13.1 Å². The molecule has 0 radical (unpaired) electrons. The predicted molar refractivity (Wildman–Crippen MR) is 114 cm³/mol. The molecular formula is C25H24N2. The molecule has 1 aromatic heterocycles. The van der Waals surface area contributed by atoms with Crippen molar-refractivity contribution in [1.82, 2.24) is 10.3 Å². The van der Waals surface area contributed by atoms with Crippen molar-refractivity contribution >= 4 is 10.9 Å². The number of rotatable bonds is 3. The summed E-state index contributed by atoms with van der Waals surface area (Å²) in [4.78, 5) is 3.47. The van der Waals surface area contributed by atoms with E-state index in [-0.39, 0.29) is 0 Å². The molecule has 0 bridgehead atoms. The van der Waals surface area contributed by atoms with Crippen LogP contribution in [0, 0.1) is 0 Å². The second-order valence-electron chi connectivity index (χ2n) is 7.47. The van der Waals surface area contributed by atoms with Crippen LogP contribution in [0.4, 0.5) is 0 Å². The minimum Gasteiger partial charge on any atom is -0.361 e. The number of fused-ring (bicyclic) bond motifs is 1. The average molecular weight is 352 g/mol. The summed E-state index contributed by atoms with van der Waals surface area (Å²) in [5.41, 5.74) is 7.81. The summed E-state index contributed by atoms with van der Waals surface area (Å²) in [6, 6.07) is 26.3. The lowest BCUT2D eigenvalue weighted by Gasteiger charge is -2.22. The van der Waals surface area contributed by atoms with Crippen LogP contribution in [0.15, 0.2) is 79.0 Å². The summed E-state index contributed by atoms with van der Waals surface area (Å²) >= 11 is 0. The van der Waals surface area contributed by atoms with Crippen molar-refractivity contribution in [2.24, 2.45) is 0 Å². The van der Waals surface area contributed by atoms with E-state index in [0.717, 1.165) is 13.1 Å². The molecule has 0 atom stereocenters. The Balaban J connectivity index is 1.49. The Morgan fingerprint density at radius 1 is 0.667 bits per heavy atom. The molecule has 2 nitrogen and oxygen atoms in total. The summed E-state index contributed by atoms with van der Waals surface area (Å²) in [7, 11) is 0. The van der Waals surface area contributed by atoms with Gasteiger partial charge in [-0.3, -0.25) is 0 Å². The van der Waals surface area contributed by atoms with Crippen LogP contribution >= 0.6 is 0 Å². The number of aromatic nitrogens is 1. The fourth-order valence-electron chi connectivity index (χ4n) is 4.28. The highest BCUT2D eigenvalue weighted by Gasteiger charge is 2.18. The molecule has 5 rings (SSSR count).